The van der Waals surface area contributed by atoms with Gasteiger partial charge in [-0.1, -0.05) is 42.5 Å². The Kier molecular flexibility index (Phi) is 6.77. The highest BCUT2D eigenvalue weighted by atomic mass is 16.4. The highest BCUT2D eigenvalue weighted by molar-refractivity contribution is 5.95. The fourth-order valence-corrected chi connectivity index (χ4v) is 5.54. The molecule has 1 unspecified atom stereocenters. The first kappa shape index (κ1) is 24.0. The molecule has 6 heteroatoms. The standard InChI is InChI=1S/C30H33N3O3/c1-19-26(16-27(34)35)29(33-15-14-25(18-33)22-8-9-22)28(20(2)32-19)23-10-12-24(13-11-23)30(36)31-17-21-6-4-3-5-7-21/h3-7,10-13,22,25H,8-9,14-18H2,1-2H3,(H,31,36)(H,34,35). The number of carboxylic acid groups (broad SMARTS) is 1. The van der Waals surface area contributed by atoms with Crippen LogP contribution < -0.4 is 10.2 Å². The van der Waals surface area contributed by atoms with Gasteiger partial charge in [-0.2, -0.15) is 0 Å². The molecule has 6 nitrogen and oxygen atoms in total. The van der Waals surface area contributed by atoms with Crippen LogP contribution in [0.3, 0.4) is 0 Å². The highest BCUT2D eigenvalue weighted by Gasteiger charge is 2.37. The van der Waals surface area contributed by atoms with Gasteiger partial charge in [0.25, 0.3) is 5.91 Å². The normalized spacial score (nSPS) is 17.3. The molecule has 186 valence electrons. The van der Waals surface area contributed by atoms with Crippen LogP contribution in [0, 0.1) is 25.7 Å². The van der Waals surface area contributed by atoms with Crippen molar-refractivity contribution in [1.82, 2.24) is 10.3 Å². The van der Waals surface area contributed by atoms with E-state index >= 15 is 0 Å². The Balaban J connectivity index is 1.45. The fraction of sp³-hybridized carbons (Fsp3) is 0.367. The Morgan fingerprint density at radius 2 is 1.69 bits per heavy atom. The molecule has 2 aromatic carbocycles. The second-order valence-electron chi connectivity index (χ2n) is 10.1. The molecule has 1 aliphatic heterocycles. The number of aromatic nitrogens is 1. The molecule has 5 rings (SSSR count). The van der Waals surface area contributed by atoms with E-state index in [4.69, 9.17) is 4.98 Å². The Bertz CT molecular complexity index is 1270. The van der Waals surface area contributed by atoms with Gasteiger partial charge < -0.3 is 15.3 Å². The molecule has 2 heterocycles. The summed E-state index contributed by atoms with van der Waals surface area (Å²) in [6, 6.07) is 17.4. The van der Waals surface area contributed by atoms with Gasteiger partial charge >= 0.3 is 5.97 Å². The van der Waals surface area contributed by atoms with E-state index in [1.54, 1.807) is 0 Å². The fourth-order valence-electron chi connectivity index (χ4n) is 5.54. The van der Waals surface area contributed by atoms with E-state index in [0.29, 0.717) is 18.0 Å². The van der Waals surface area contributed by atoms with Gasteiger partial charge in [0.05, 0.1) is 12.1 Å². The zero-order valence-corrected chi connectivity index (χ0v) is 21.0. The number of amides is 1. The number of aliphatic carboxylic acids is 1. The minimum absolute atomic E-state index is 0.0496. The van der Waals surface area contributed by atoms with Gasteiger partial charge in [0, 0.05) is 47.7 Å². The van der Waals surface area contributed by atoms with Crippen molar-refractivity contribution < 1.29 is 14.7 Å². The van der Waals surface area contributed by atoms with Crippen molar-refractivity contribution >= 4 is 17.6 Å². The quantitative estimate of drug-likeness (QED) is 0.463. The van der Waals surface area contributed by atoms with Crippen LogP contribution in [0.5, 0.6) is 0 Å². The number of rotatable bonds is 8. The largest absolute Gasteiger partial charge is 0.481 e. The number of aryl methyl sites for hydroxylation is 2. The Hall–Kier alpha value is -3.67. The summed E-state index contributed by atoms with van der Waals surface area (Å²) < 4.78 is 0. The van der Waals surface area contributed by atoms with Crippen molar-refractivity contribution in [2.45, 2.75) is 46.1 Å². The van der Waals surface area contributed by atoms with E-state index in [1.807, 2.05) is 68.4 Å². The van der Waals surface area contributed by atoms with Crippen molar-refractivity contribution in [2.75, 3.05) is 18.0 Å². The monoisotopic (exact) mass is 483 g/mol. The van der Waals surface area contributed by atoms with Crippen LogP contribution in [0.15, 0.2) is 54.6 Å². The molecule has 2 fully saturated rings. The molecule has 1 atom stereocenters. The van der Waals surface area contributed by atoms with Gasteiger partial charge in [0.15, 0.2) is 0 Å². The third-order valence-electron chi connectivity index (χ3n) is 7.55. The lowest BCUT2D eigenvalue weighted by Gasteiger charge is -2.27. The topological polar surface area (TPSA) is 82.5 Å². The molecule has 2 aliphatic rings. The van der Waals surface area contributed by atoms with Gasteiger partial charge in [0.1, 0.15) is 0 Å². The smallest absolute Gasteiger partial charge is 0.307 e. The van der Waals surface area contributed by atoms with Crippen molar-refractivity contribution in [3.8, 4) is 11.1 Å². The molecule has 0 bridgehead atoms. The van der Waals surface area contributed by atoms with Crippen molar-refractivity contribution in [3.63, 3.8) is 0 Å². The van der Waals surface area contributed by atoms with E-state index in [9.17, 15) is 14.7 Å². The van der Waals surface area contributed by atoms with Gasteiger partial charge in [-0.3, -0.25) is 14.6 Å². The summed E-state index contributed by atoms with van der Waals surface area (Å²) in [6.07, 6.45) is 3.73. The summed E-state index contributed by atoms with van der Waals surface area (Å²) in [5.74, 6) is 0.529. The lowest BCUT2D eigenvalue weighted by molar-refractivity contribution is -0.136. The zero-order valence-electron chi connectivity index (χ0n) is 21.0. The van der Waals surface area contributed by atoms with E-state index in [2.05, 4.69) is 10.2 Å². The molecular weight excluding hydrogens is 450 g/mol. The molecule has 2 N–H and O–H groups in total. The highest BCUT2D eigenvalue weighted by Crippen LogP contribution is 2.45. The summed E-state index contributed by atoms with van der Waals surface area (Å²) in [4.78, 5) is 31.7. The van der Waals surface area contributed by atoms with Crippen LogP contribution in [-0.2, 0) is 17.8 Å². The van der Waals surface area contributed by atoms with Crippen LogP contribution in [-0.4, -0.2) is 35.1 Å². The summed E-state index contributed by atoms with van der Waals surface area (Å²) in [6.45, 7) is 6.28. The number of anilines is 1. The predicted octanol–water partition coefficient (Wildman–Crippen LogP) is 5.16. The Morgan fingerprint density at radius 3 is 2.36 bits per heavy atom. The number of hydrogen-bond acceptors (Lipinski definition) is 4. The maximum absolute atomic E-state index is 12.7. The van der Waals surface area contributed by atoms with Crippen molar-refractivity contribution in [3.05, 3.63) is 82.7 Å². The van der Waals surface area contributed by atoms with E-state index < -0.39 is 5.97 Å². The summed E-state index contributed by atoms with van der Waals surface area (Å²) in [7, 11) is 0. The first-order valence-electron chi connectivity index (χ1n) is 12.8. The first-order valence-corrected chi connectivity index (χ1v) is 12.8. The number of carboxylic acids is 1. The number of nitrogens with zero attached hydrogens (tertiary/aromatic N) is 2. The van der Waals surface area contributed by atoms with Crippen molar-refractivity contribution in [2.24, 2.45) is 11.8 Å². The number of benzene rings is 2. The minimum Gasteiger partial charge on any atom is -0.481 e. The third kappa shape index (κ3) is 5.13. The third-order valence-corrected chi connectivity index (χ3v) is 7.55. The maximum Gasteiger partial charge on any atom is 0.307 e. The van der Waals surface area contributed by atoms with E-state index in [-0.39, 0.29) is 12.3 Å². The molecule has 1 saturated heterocycles. The van der Waals surface area contributed by atoms with Gasteiger partial charge in [-0.15, -0.1) is 0 Å². The molecular formula is C30H33N3O3. The lowest BCUT2D eigenvalue weighted by atomic mass is 9.94. The molecule has 1 saturated carbocycles. The molecule has 0 spiro atoms. The molecule has 3 aromatic rings. The maximum atomic E-state index is 12.7. The zero-order chi connectivity index (χ0) is 25.2. The second-order valence-corrected chi connectivity index (χ2v) is 10.1. The average Bonchev–Trinajstić information content (AvgIpc) is 3.61. The van der Waals surface area contributed by atoms with Crippen LogP contribution >= 0.6 is 0 Å². The Labute approximate surface area is 212 Å². The van der Waals surface area contributed by atoms with Gasteiger partial charge in [0.2, 0.25) is 0 Å². The molecule has 1 aromatic heterocycles. The van der Waals surface area contributed by atoms with Gasteiger partial charge in [-0.25, -0.2) is 0 Å². The summed E-state index contributed by atoms with van der Waals surface area (Å²) in [5, 5.41) is 12.7. The molecule has 1 amide bonds. The van der Waals surface area contributed by atoms with Crippen LogP contribution in [0.4, 0.5) is 5.69 Å². The lowest BCUT2D eigenvalue weighted by Crippen LogP contribution is -2.24. The number of carbonyl (C=O) groups excluding carboxylic acids is 1. The van der Waals surface area contributed by atoms with Crippen LogP contribution in [0.2, 0.25) is 0 Å². The number of pyridine rings is 1. The van der Waals surface area contributed by atoms with Crippen molar-refractivity contribution in [1.29, 1.82) is 0 Å². The average molecular weight is 484 g/mol. The molecule has 0 radical (unpaired) electrons. The Morgan fingerprint density at radius 1 is 0.972 bits per heavy atom. The number of nitrogens with one attached hydrogen (secondary N) is 1. The van der Waals surface area contributed by atoms with Crippen LogP contribution in [0.25, 0.3) is 11.1 Å². The van der Waals surface area contributed by atoms with E-state index in [1.165, 1.54) is 12.8 Å². The minimum atomic E-state index is -0.848. The predicted molar refractivity (Wildman–Crippen MR) is 141 cm³/mol. The second kappa shape index (κ2) is 10.1. The summed E-state index contributed by atoms with van der Waals surface area (Å²) >= 11 is 0. The number of carbonyl (C=O) groups is 2. The van der Waals surface area contributed by atoms with Crippen LogP contribution in [0.1, 0.15) is 52.1 Å². The molecule has 1 aliphatic carbocycles. The van der Waals surface area contributed by atoms with Gasteiger partial charge in [-0.05, 0) is 68.2 Å². The number of hydrogen-bond donors (Lipinski definition) is 2. The first-order chi connectivity index (χ1) is 17.4. The SMILES string of the molecule is Cc1nc(C)c(-c2ccc(C(=O)NCc3ccccc3)cc2)c(N2CCC(C3CC3)C2)c1CC(=O)O. The summed E-state index contributed by atoms with van der Waals surface area (Å²) in [5.41, 5.74) is 7.04. The molecule has 36 heavy (non-hydrogen) atoms. The van der Waals surface area contributed by atoms with E-state index in [0.717, 1.165) is 64.8 Å².